The van der Waals surface area contributed by atoms with Crippen LogP contribution in [0.2, 0.25) is 0 Å². The Morgan fingerprint density at radius 1 is 0.944 bits per heavy atom. The van der Waals surface area contributed by atoms with Crippen LogP contribution >= 0.6 is 0 Å². The third-order valence-corrected chi connectivity index (χ3v) is 6.96. The molecule has 1 aliphatic rings. The summed E-state index contributed by atoms with van der Waals surface area (Å²) in [5.41, 5.74) is 2.64. The molecule has 2 amide bonds. The Balaban J connectivity index is 1.27. The van der Waals surface area contributed by atoms with Crippen molar-refractivity contribution < 1.29 is 14.3 Å². The summed E-state index contributed by atoms with van der Waals surface area (Å²) in [6.45, 7) is 3.08. The third-order valence-electron chi connectivity index (χ3n) is 6.96. The van der Waals surface area contributed by atoms with Crippen molar-refractivity contribution in [2.75, 3.05) is 26.7 Å². The lowest BCUT2D eigenvalue weighted by molar-refractivity contribution is -0.131. The van der Waals surface area contributed by atoms with Crippen LogP contribution in [-0.2, 0) is 17.8 Å². The maximum absolute atomic E-state index is 12.9. The van der Waals surface area contributed by atoms with Gasteiger partial charge in [-0.2, -0.15) is 0 Å². The van der Waals surface area contributed by atoms with Gasteiger partial charge in [0, 0.05) is 39.0 Å². The second-order valence-electron chi connectivity index (χ2n) is 9.48. The van der Waals surface area contributed by atoms with Gasteiger partial charge in [-0.25, -0.2) is 4.98 Å². The van der Waals surface area contributed by atoms with Crippen molar-refractivity contribution in [1.82, 2.24) is 19.8 Å². The first-order valence-electron chi connectivity index (χ1n) is 13.3. The first kappa shape index (κ1) is 25.7. The van der Waals surface area contributed by atoms with E-state index in [1.54, 1.807) is 19.2 Å². The number of para-hydroxylation sites is 3. The molecule has 0 aliphatic carbocycles. The summed E-state index contributed by atoms with van der Waals surface area (Å²) in [5.74, 6) is 1.77. The summed E-state index contributed by atoms with van der Waals surface area (Å²) in [5, 5.41) is 2.99. The Morgan fingerprint density at radius 2 is 1.69 bits per heavy atom. The summed E-state index contributed by atoms with van der Waals surface area (Å²) in [4.78, 5) is 32.2. The van der Waals surface area contributed by atoms with Gasteiger partial charge in [-0.15, -0.1) is 0 Å². The minimum atomic E-state index is -0.108. The van der Waals surface area contributed by atoms with Crippen LogP contribution in [0.1, 0.15) is 67.5 Å². The highest BCUT2D eigenvalue weighted by molar-refractivity contribution is 5.96. The molecule has 1 aliphatic heterocycles. The molecule has 192 valence electrons. The number of nitrogens with one attached hydrogen (secondary N) is 1. The largest absolute Gasteiger partial charge is 0.496 e. The van der Waals surface area contributed by atoms with E-state index < -0.39 is 0 Å². The second-order valence-corrected chi connectivity index (χ2v) is 9.48. The molecule has 1 aromatic heterocycles. The van der Waals surface area contributed by atoms with E-state index in [0.29, 0.717) is 30.8 Å². The number of likely N-dealkylation sites (tertiary alicyclic amines) is 1. The predicted octanol–water partition coefficient (Wildman–Crippen LogP) is 4.98. The van der Waals surface area contributed by atoms with Gasteiger partial charge in [0.1, 0.15) is 11.6 Å². The van der Waals surface area contributed by atoms with Crippen molar-refractivity contribution in [2.45, 2.75) is 64.3 Å². The number of methoxy groups -OCH3 is 1. The van der Waals surface area contributed by atoms with E-state index in [9.17, 15) is 9.59 Å². The molecule has 0 unspecified atom stereocenters. The minimum absolute atomic E-state index is 0.108. The van der Waals surface area contributed by atoms with Gasteiger partial charge in [-0.1, -0.05) is 43.5 Å². The van der Waals surface area contributed by atoms with Crippen LogP contribution < -0.4 is 10.1 Å². The van der Waals surface area contributed by atoms with Gasteiger partial charge in [-0.3, -0.25) is 9.59 Å². The molecule has 3 aromatic rings. The van der Waals surface area contributed by atoms with E-state index in [1.165, 1.54) is 12.8 Å². The quantitative estimate of drug-likeness (QED) is 0.385. The molecular formula is C29H38N4O3. The minimum Gasteiger partial charge on any atom is -0.496 e. The van der Waals surface area contributed by atoms with Crippen molar-refractivity contribution in [3.05, 3.63) is 59.9 Å². The fourth-order valence-corrected chi connectivity index (χ4v) is 4.97. The molecule has 0 atom stereocenters. The molecule has 36 heavy (non-hydrogen) atoms. The Kier molecular flexibility index (Phi) is 9.36. The van der Waals surface area contributed by atoms with E-state index in [1.807, 2.05) is 35.2 Å². The summed E-state index contributed by atoms with van der Waals surface area (Å²) in [6, 6.07) is 15.4. The highest BCUT2D eigenvalue weighted by atomic mass is 16.5. The van der Waals surface area contributed by atoms with Crippen LogP contribution in [-0.4, -0.2) is 53.0 Å². The number of imidazole rings is 1. The normalized spacial score (nSPS) is 14.0. The first-order valence-corrected chi connectivity index (χ1v) is 13.3. The van der Waals surface area contributed by atoms with Gasteiger partial charge in [0.25, 0.3) is 5.91 Å². The van der Waals surface area contributed by atoms with E-state index in [0.717, 1.165) is 68.5 Å². The van der Waals surface area contributed by atoms with Gasteiger partial charge in [0.15, 0.2) is 0 Å². The van der Waals surface area contributed by atoms with Crippen LogP contribution in [0.15, 0.2) is 48.5 Å². The fourth-order valence-electron chi connectivity index (χ4n) is 4.97. The SMILES string of the molecule is COc1ccccc1C(=O)NCCCCCc1nc2ccccc2n1CCC(=O)N1CCCCCC1. The molecule has 0 radical (unpaired) electrons. The molecule has 7 heteroatoms. The van der Waals surface area contributed by atoms with Crippen molar-refractivity contribution in [2.24, 2.45) is 0 Å². The molecule has 0 bridgehead atoms. The molecule has 2 aromatic carbocycles. The average molecular weight is 491 g/mol. The fraction of sp³-hybridized carbons (Fsp3) is 0.483. The highest BCUT2D eigenvalue weighted by Gasteiger charge is 2.17. The molecule has 2 heterocycles. The summed E-state index contributed by atoms with van der Waals surface area (Å²) < 4.78 is 7.51. The third kappa shape index (κ3) is 6.65. The number of hydrogen-bond donors (Lipinski definition) is 1. The van der Waals surface area contributed by atoms with Crippen molar-refractivity contribution in [3.8, 4) is 5.75 Å². The zero-order valence-corrected chi connectivity index (χ0v) is 21.4. The number of ether oxygens (including phenoxy) is 1. The van der Waals surface area contributed by atoms with Crippen LogP contribution in [0.5, 0.6) is 5.75 Å². The number of benzene rings is 2. The van der Waals surface area contributed by atoms with Gasteiger partial charge < -0.3 is 19.5 Å². The van der Waals surface area contributed by atoms with Gasteiger partial charge >= 0.3 is 0 Å². The van der Waals surface area contributed by atoms with Gasteiger partial charge in [-0.05, 0) is 49.9 Å². The number of aryl methyl sites for hydroxylation is 2. The lowest BCUT2D eigenvalue weighted by Crippen LogP contribution is -2.32. The second kappa shape index (κ2) is 13.1. The van der Waals surface area contributed by atoms with Gasteiger partial charge in [0.05, 0.1) is 23.7 Å². The summed E-state index contributed by atoms with van der Waals surface area (Å²) in [6.07, 6.45) is 8.92. The molecule has 0 spiro atoms. The molecule has 7 nitrogen and oxygen atoms in total. The summed E-state index contributed by atoms with van der Waals surface area (Å²) in [7, 11) is 1.57. The van der Waals surface area contributed by atoms with Crippen molar-refractivity contribution in [1.29, 1.82) is 0 Å². The summed E-state index contributed by atoms with van der Waals surface area (Å²) >= 11 is 0. The number of fused-ring (bicyclic) bond motifs is 1. The molecule has 0 saturated carbocycles. The topological polar surface area (TPSA) is 76.5 Å². The van der Waals surface area contributed by atoms with E-state index >= 15 is 0 Å². The van der Waals surface area contributed by atoms with Gasteiger partial charge in [0.2, 0.25) is 5.91 Å². The molecule has 1 saturated heterocycles. The number of aromatic nitrogens is 2. The average Bonchev–Trinajstić information content (AvgIpc) is 3.05. The van der Waals surface area contributed by atoms with E-state index in [4.69, 9.17) is 9.72 Å². The van der Waals surface area contributed by atoms with Crippen LogP contribution in [0.25, 0.3) is 11.0 Å². The number of carbonyl (C=O) groups excluding carboxylic acids is 2. The highest BCUT2D eigenvalue weighted by Crippen LogP contribution is 2.20. The number of hydrogen-bond acceptors (Lipinski definition) is 4. The number of rotatable bonds is 11. The van der Waals surface area contributed by atoms with Crippen molar-refractivity contribution in [3.63, 3.8) is 0 Å². The zero-order chi connectivity index (χ0) is 25.2. The lowest BCUT2D eigenvalue weighted by Gasteiger charge is -2.20. The zero-order valence-electron chi connectivity index (χ0n) is 21.4. The molecule has 1 fully saturated rings. The number of unbranched alkanes of at least 4 members (excludes halogenated alkanes) is 2. The number of carbonyl (C=O) groups is 2. The lowest BCUT2D eigenvalue weighted by atomic mass is 10.1. The Hall–Kier alpha value is -3.35. The first-order chi connectivity index (χ1) is 17.7. The van der Waals surface area contributed by atoms with E-state index in [-0.39, 0.29) is 11.8 Å². The Bertz CT molecular complexity index is 1150. The maximum atomic E-state index is 12.9. The smallest absolute Gasteiger partial charge is 0.255 e. The molecule has 4 rings (SSSR count). The standard InChI is InChI=1S/C29H38N4O3/c1-36-26-16-9-6-13-23(26)29(35)30-19-10-4-5-17-27-31-24-14-7-8-15-25(24)33(27)22-18-28(34)32-20-11-2-3-12-21-32/h6-9,13-16H,2-5,10-12,17-22H2,1H3,(H,30,35). The van der Waals surface area contributed by atoms with Crippen molar-refractivity contribution >= 4 is 22.8 Å². The number of nitrogens with zero attached hydrogens (tertiary/aromatic N) is 3. The van der Waals surface area contributed by atoms with Crippen LogP contribution in [0.3, 0.4) is 0 Å². The maximum Gasteiger partial charge on any atom is 0.255 e. The Labute approximate surface area is 213 Å². The van der Waals surface area contributed by atoms with E-state index in [2.05, 4.69) is 16.0 Å². The number of amides is 2. The van der Waals surface area contributed by atoms with Crippen LogP contribution in [0.4, 0.5) is 0 Å². The monoisotopic (exact) mass is 490 g/mol. The molecule has 1 N–H and O–H groups in total. The van der Waals surface area contributed by atoms with Crippen LogP contribution in [0, 0.1) is 0 Å². The Morgan fingerprint density at radius 3 is 2.50 bits per heavy atom. The predicted molar refractivity (Wildman–Crippen MR) is 142 cm³/mol. The molecular weight excluding hydrogens is 452 g/mol.